The molecule has 0 saturated carbocycles. The van der Waals surface area contributed by atoms with Gasteiger partial charge in [0.2, 0.25) is 0 Å². The Morgan fingerprint density at radius 2 is 1.90 bits per heavy atom. The number of nitrogens with zero attached hydrogens (tertiary/aromatic N) is 2. The van der Waals surface area contributed by atoms with Gasteiger partial charge in [-0.15, -0.1) is 0 Å². The van der Waals surface area contributed by atoms with Gasteiger partial charge in [-0.25, -0.2) is 0 Å². The van der Waals surface area contributed by atoms with E-state index < -0.39 is 0 Å². The van der Waals surface area contributed by atoms with Gasteiger partial charge in [0.1, 0.15) is 5.75 Å². The van der Waals surface area contributed by atoms with Crippen LogP contribution in [0.15, 0.2) is 54.7 Å². The second kappa shape index (κ2) is 8.52. The fourth-order valence-electron chi connectivity index (χ4n) is 4.36. The lowest BCUT2D eigenvalue weighted by Gasteiger charge is -2.36. The van der Waals surface area contributed by atoms with Gasteiger partial charge in [-0.2, -0.15) is 0 Å². The van der Waals surface area contributed by atoms with Crippen molar-refractivity contribution in [3.63, 3.8) is 0 Å². The van der Waals surface area contributed by atoms with Crippen LogP contribution in [0.1, 0.15) is 24.2 Å². The summed E-state index contributed by atoms with van der Waals surface area (Å²) in [6.45, 7) is 7.66. The number of aryl methyl sites for hydroxylation is 2. The molecule has 152 valence electrons. The molecule has 0 radical (unpaired) electrons. The van der Waals surface area contributed by atoms with Gasteiger partial charge in [-0.05, 0) is 49.2 Å². The van der Waals surface area contributed by atoms with Crippen molar-refractivity contribution < 1.29 is 4.74 Å². The van der Waals surface area contributed by atoms with E-state index in [0.29, 0.717) is 6.61 Å². The van der Waals surface area contributed by atoms with Crippen LogP contribution in [0.5, 0.6) is 5.75 Å². The first-order chi connectivity index (χ1) is 14.1. The number of nitrogens with one attached hydrogen (secondary N) is 1. The van der Waals surface area contributed by atoms with Gasteiger partial charge in [0.15, 0.2) is 0 Å². The summed E-state index contributed by atoms with van der Waals surface area (Å²) in [5, 5.41) is 4.50. The molecule has 2 aromatic carbocycles. The normalized spacial score (nSPS) is 16.8. The molecule has 0 spiro atoms. The number of hydrogen-bond donors (Lipinski definition) is 1. The van der Waals surface area contributed by atoms with Gasteiger partial charge in [0, 0.05) is 49.2 Å². The van der Waals surface area contributed by atoms with Gasteiger partial charge in [-0.3, -0.25) is 0 Å². The van der Waals surface area contributed by atoms with Crippen LogP contribution >= 0.6 is 11.6 Å². The van der Waals surface area contributed by atoms with Crippen LogP contribution in [0, 0.1) is 6.92 Å². The van der Waals surface area contributed by atoms with E-state index >= 15 is 0 Å². The van der Waals surface area contributed by atoms with Crippen molar-refractivity contribution >= 4 is 17.3 Å². The third kappa shape index (κ3) is 4.00. The summed E-state index contributed by atoms with van der Waals surface area (Å²) in [4.78, 5) is 2.43. The van der Waals surface area contributed by atoms with E-state index in [2.05, 4.69) is 65.3 Å². The van der Waals surface area contributed by atoms with Crippen LogP contribution in [0.3, 0.4) is 0 Å². The number of rotatable bonds is 5. The van der Waals surface area contributed by atoms with Gasteiger partial charge < -0.3 is 19.5 Å². The van der Waals surface area contributed by atoms with Gasteiger partial charge >= 0.3 is 0 Å². The summed E-state index contributed by atoms with van der Waals surface area (Å²) in [6, 6.07) is 16.7. The fourth-order valence-corrected chi connectivity index (χ4v) is 4.49. The number of piperazine rings is 1. The van der Waals surface area contributed by atoms with Crippen LogP contribution in [0.2, 0.25) is 5.02 Å². The zero-order valence-corrected chi connectivity index (χ0v) is 18.0. The van der Waals surface area contributed by atoms with Crippen molar-refractivity contribution in [1.82, 2.24) is 9.88 Å². The molecule has 1 aliphatic rings. The van der Waals surface area contributed by atoms with E-state index in [9.17, 15) is 0 Å². The van der Waals surface area contributed by atoms with Crippen molar-refractivity contribution in [3.8, 4) is 16.9 Å². The number of aromatic nitrogens is 1. The fraction of sp³-hybridized carbons (Fsp3) is 0.333. The minimum absolute atomic E-state index is 0.225. The highest BCUT2D eigenvalue weighted by Crippen LogP contribution is 2.36. The lowest BCUT2D eigenvalue weighted by atomic mass is 9.97. The molecule has 1 aromatic heterocycles. The third-order valence-electron chi connectivity index (χ3n) is 5.56. The molecule has 5 heteroatoms. The van der Waals surface area contributed by atoms with E-state index in [-0.39, 0.29) is 6.04 Å². The van der Waals surface area contributed by atoms with Crippen LogP contribution in [0.25, 0.3) is 11.1 Å². The largest absolute Gasteiger partial charge is 0.492 e. The molecule has 3 aromatic rings. The quantitative estimate of drug-likeness (QED) is 0.627. The van der Waals surface area contributed by atoms with Crippen LogP contribution < -0.4 is 15.0 Å². The number of para-hydroxylation sites is 2. The number of ether oxygens (including phenoxy) is 1. The monoisotopic (exact) mass is 409 g/mol. The predicted molar refractivity (Wildman–Crippen MR) is 121 cm³/mol. The molecule has 1 N–H and O–H groups in total. The molecule has 0 aliphatic carbocycles. The first-order valence-electron chi connectivity index (χ1n) is 10.2. The summed E-state index contributed by atoms with van der Waals surface area (Å²) in [6.07, 6.45) is 2.22. The Balaban J connectivity index is 1.68. The Hall–Kier alpha value is -2.43. The molecule has 29 heavy (non-hydrogen) atoms. The predicted octanol–water partition coefficient (Wildman–Crippen LogP) is 5.20. The summed E-state index contributed by atoms with van der Waals surface area (Å²) >= 11 is 6.12. The number of hydrogen-bond acceptors (Lipinski definition) is 3. The first kappa shape index (κ1) is 19.9. The third-order valence-corrected chi connectivity index (χ3v) is 5.81. The maximum Gasteiger partial charge on any atom is 0.142 e. The summed E-state index contributed by atoms with van der Waals surface area (Å²) in [5.74, 6) is 0.955. The maximum atomic E-state index is 6.12. The Morgan fingerprint density at radius 1 is 1.14 bits per heavy atom. The van der Waals surface area contributed by atoms with Crippen molar-refractivity contribution in [3.05, 3.63) is 71.0 Å². The molecule has 4 nitrogen and oxygen atoms in total. The van der Waals surface area contributed by atoms with Crippen LogP contribution in [-0.2, 0) is 7.05 Å². The standard InChI is InChI=1S/C24H28ClN3O/c1-4-29-22-8-6-5-7-21(22)28-14-13-26-20(16-28)24-23(17(2)15-27(24)3)18-9-11-19(25)12-10-18/h5-12,15,20,26H,4,13-14,16H2,1-3H3. The molecule has 1 fully saturated rings. The molecular weight excluding hydrogens is 382 g/mol. The minimum atomic E-state index is 0.225. The van der Waals surface area contributed by atoms with Crippen LogP contribution in [-0.4, -0.2) is 30.8 Å². The smallest absolute Gasteiger partial charge is 0.142 e. The highest BCUT2D eigenvalue weighted by Gasteiger charge is 2.28. The zero-order valence-electron chi connectivity index (χ0n) is 17.3. The SMILES string of the molecule is CCOc1ccccc1N1CCNC(c2c(-c3ccc(Cl)cc3)c(C)cn2C)C1. The summed E-state index contributed by atoms with van der Waals surface area (Å²) in [5.41, 5.74) is 6.25. The Bertz CT molecular complexity index is 980. The van der Waals surface area contributed by atoms with Gasteiger partial charge in [0.05, 0.1) is 18.3 Å². The number of benzene rings is 2. The van der Waals surface area contributed by atoms with E-state index in [1.54, 1.807) is 0 Å². The number of anilines is 1. The minimum Gasteiger partial charge on any atom is -0.492 e. The van der Waals surface area contributed by atoms with Crippen molar-refractivity contribution in [2.75, 3.05) is 31.1 Å². The summed E-state index contributed by atoms with van der Waals surface area (Å²) < 4.78 is 8.14. The average Bonchev–Trinajstić information content (AvgIpc) is 3.03. The molecular formula is C24H28ClN3O. The molecule has 0 amide bonds. The Kier molecular flexibility index (Phi) is 5.84. The maximum absolute atomic E-state index is 6.12. The highest BCUT2D eigenvalue weighted by atomic mass is 35.5. The Labute approximate surface area is 178 Å². The molecule has 1 unspecified atom stereocenters. The molecule has 4 rings (SSSR count). The van der Waals surface area contributed by atoms with Crippen molar-refractivity contribution in [2.45, 2.75) is 19.9 Å². The Morgan fingerprint density at radius 3 is 2.66 bits per heavy atom. The lowest BCUT2D eigenvalue weighted by Crippen LogP contribution is -2.46. The van der Waals surface area contributed by atoms with Crippen molar-refractivity contribution in [1.29, 1.82) is 0 Å². The molecule has 0 bridgehead atoms. The van der Waals surface area contributed by atoms with Crippen LogP contribution in [0.4, 0.5) is 5.69 Å². The number of halogens is 1. The van der Waals surface area contributed by atoms with E-state index in [4.69, 9.17) is 16.3 Å². The zero-order chi connectivity index (χ0) is 20.4. The lowest BCUT2D eigenvalue weighted by molar-refractivity contribution is 0.338. The second-order valence-corrected chi connectivity index (χ2v) is 7.98. The second-order valence-electron chi connectivity index (χ2n) is 7.54. The van der Waals surface area contributed by atoms with Crippen molar-refractivity contribution in [2.24, 2.45) is 7.05 Å². The first-order valence-corrected chi connectivity index (χ1v) is 10.6. The van der Waals surface area contributed by atoms with E-state index in [0.717, 1.165) is 30.4 Å². The van der Waals surface area contributed by atoms with E-state index in [1.807, 2.05) is 25.1 Å². The van der Waals surface area contributed by atoms with E-state index in [1.165, 1.54) is 28.1 Å². The van der Waals surface area contributed by atoms with Gasteiger partial charge in [0.25, 0.3) is 0 Å². The summed E-state index contributed by atoms with van der Waals surface area (Å²) in [7, 11) is 2.14. The molecule has 2 heterocycles. The molecule has 1 saturated heterocycles. The average molecular weight is 410 g/mol. The topological polar surface area (TPSA) is 29.4 Å². The molecule has 1 aliphatic heterocycles. The highest BCUT2D eigenvalue weighted by molar-refractivity contribution is 6.30. The molecule has 1 atom stereocenters. The van der Waals surface area contributed by atoms with Gasteiger partial charge in [-0.1, -0.05) is 35.9 Å².